The van der Waals surface area contributed by atoms with Gasteiger partial charge in [-0.1, -0.05) is 0 Å². The monoisotopic (exact) mass is 959 g/mol. The number of carboxylic acid groups (broad SMARTS) is 1. The van der Waals surface area contributed by atoms with Gasteiger partial charge >= 0.3 is 57.4 Å². The van der Waals surface area contributed by atoms with E-state index in [1.54, 1.807) is 25.4 Å². The van der Waals surface area contributed by atoms with Crippen molar-refractivity contribution in [2.75, 3.05) is 54.2 Å². The second kappa shape index (κ2) is 31.5. The molecule has 6 aromatic heterocycles. The van der Waals surface area contributed by atoms with Gasteiger partial charge in [-0.25, -0.2) is 9.89 Å². The van der Waals surface area contributed by atoms with Crippen molar-refractivity contribution in [3.05, 3.63) is 73.1 Å². The van der Waals surface area contributed by atoms with Crippen LogP contribution in [0.5, 0.6) is 0 Å². The first-order valence-electron chi connectivity index (χ1n) is 18.7. The summed E-state index contributed by atoms with van der Waals surface area (Å²) >= 11 is 3.96. The fraction of sp³-hybridized carbons (Fsp3) is 0.267. The molecule has 36 heteroatoms. The molecule has 0 unspecified atom stereocenters. The number of carbonyl (C=O) groups is 3. The Balaban J connectivity index is 0.000000790. The van der Waals surface area contributed by atoms with Gasteiger partial charge in [0.2, 0.25) is 35.7 Å². The van der Waals surface area contributed by atoms with Crippen LogP contribution in [0.15, 0.2) is 34.3 Å². The van der Waals surface area contributed by atoms with Crippen molar-refractivity contribution in [3.63, 3.8) is 0 Å². The fourth-order valence-electron chi connectivity index (χ4n) is 4.86. The first-order valence-corrected chi connectivity index (χ1v) is 21.4. The van der Waals surface area contributed by atoms with Gasteiger partial charge in [-0.3, -0.25) is 9.59 Å². The zero-order valence-electron chi connectivity index (χ0n) is 37.5. The van der Waals surface area contributed by atoms with Crippen LogP contribution in [0.4, 0.5) is 35.7 Å². The largest absolute Gasteiger partial charge is 1.00 e. The molecule has 0 amide bonds. The van der Waals surface area contributed by atoms with Crippen molar-refractivity contribution in [1.29, 1.82) is 0 Å². The van der Waals surface area contributed by atoms with Gasteiger partial charge in [-0.2, -0.15) is 24.3 Å². The van der Waals surface area contributed by atoms with Gasteiger partial charge in [0.05, 0.1) is 9.75 Å². The molecule has 66 heavy (non-hydrogen) atoms. The summed E-state index contributed by atoms with van der Waals surface area (Å²) in [7, 11) is 39.6. The molecule has 1 aliphatic rings. The average molecular weight is 958 g/mol. The number of aromatic nitrogens is 9. The number of nitrogens with zero attached hydrogens (tertiary/aromatic N) is 8. The molecular formula is C30H42B12KN15O5S3. The number of aromatic amines is 1. The number of thiophene rings is 3. The van der Waals surface area contributed by atoms with Crippen LogP contribution in [0.25, 0.3) is 0 Å². The van der Waals surface area contributed by atoms with Crippen molar-refractivity contribution in [3.8, 4) is 0 Å². The van der Waals surface area contributed by atoms with Crippen LogP contribution < -0.4 is 85.4 Å². The van der Waals surface area contributed by atoms with Gasteiger partial charge in [0, 0.05) is 106 Å². The van der Waals surface area contributed by atoms with Crippen LogP contribution in [0, 0.1) is 28.2 Å². The number of nitrogens with one attached hydrogen (secondary N) is 2. The van der Waals surface area contributed by atoms with Gasteiger partial charge in [-0.05, 0) is 84.6 Å². The SMILES string of the molecule is C1CCOC1.CNc1nc(N)n(C(=O)c2sccc2C)n1.Cc1ccsc1C(=O)O.Cc1ccsc1C(=O)n1nc(N)nc1N.Nc1n[nH]c(N)n1.[B]B([B])B([B])B(B([B])[B])B([B])[B].[CH3-].[K+]. The first kappa shape index (κ1) is 62.5. The first-order chi connectivity index (χ1) is 30.1. The molecule has 0 spiro atoms. The number of aromatic carboxylic acids is 1. The Hall–Kier alpha value is -3.49. The summed E-state index contributed by atoms with van der Waals surface area (Å²) in [5.74, 6) is -0.539. The van der Waals surface area contributed by atoms with Crippen molar-refractivity contribution >= 4 is 174 Å². The molecule has 13 N–H and O–H groups in total. The standard InChI is InChI=1S/C9H11N5OS.C8H9N5OS.C6H6O2S.C4H8O.C2H5N5.CH3.B12.K/c1-5-3-4-16-6(5)7(15)14-8(10)12-9(11-2)13-14;1-4-2-3-15-5(4)6(14)13-8(10)11-7(9)12-13;1-4-2-3-9-5(4)6(7)8;1-2-4-5-3-1;3-1-5-2(4)7-6-1;;1-8(2)11(7)12(9(3)4)10(5)6;/h3-4H,1-2H3,(H3,10,11,12,13);2-3H,1H3,(H4,9,10,11,12);2-3H,1H3,(H,7,8);1-4H2;(H5,3,4,5,6,7);1H3;;/q;;;;;-1;;+1. The number of anilines is 6. The molecule has 322 valence electrons. The van der Waals surface area contributed by atoms with Gasteiger partial charge in [-0.15, -0.1) is 49.3 Å². The van der Waals surface area contributed by atoms with E-state index in [4.69, 9.17) is 92.7 Å². The Bertz CT molecular complexity index is 2330. The second-order valence-corrected chi connectivity index (χ2v) is 15.9. The fourth-order valence-corrected chi connectivity index (χ4v) is 7.32. The van der Waals surface area contributed by atoms with Crippen molar-refractivity contribution in [1.82, 2.24) is 44.7 Å². The van der Waals surface area contributed by atoms with Crippen LogP contribution >= 0.6 is 34.0 Å². The molecular weight excluding hydrogens is 915 g/mol. The molecule has 7 heterocycles. The minimum atomic E-state index is -0.831. The normalized spacial score (nSPS) is 10.5. The topological polar surface area (TPSA) is 326 Å². The zero-order chi connectivity index (χ0) is 48.3. The molecule has 1 fully saturated rings. The van der Waals surface area contributed by atoms with Gasteiger partial charge < -0.3 is 51.3 Å². The van der Waals surface area contributed by atoms with E-state index in [0.29, 0.717) is 20.6 Å². The predicted molar refractivity (Wildman–Crippen MR) is 277 cm³/mol. The molecule has 0 atom stereocenters. The van der Waals surface area contributed by atoms with E-state index in [2.05, 4.69) is 40.7 Å². The summed E-state index contributed by atoms with van der Waals surface area (Å²) in [6.45, 7) is 7.51. The van der Waals surface area contributed by atoms with Crippen molar-refractivity contribution < 1.29 is 75.6 Å². The predicted octanol–water partition coefficient (Wildman–Crippen LogP) is -4.13. The van der Waals surface area contributed by atoms with Crippen LogP contribution in [0.1, 0.15) is 58.5 Å². The van der Waals surface area contributed by atoms with Crippen LogP contribution in [0.3, 0.4) is 0 Å². The van der Waals surface area contributed by atoms with Gasteiger partial charge in [0.1, 0.15) is 4.88 Å². The summed E-state index contributed by atoms with van der Waals surface area (Å²) < 4.78 is 7.05. The third-order valence-corrected chi connectivity index (χ3v) is 11.2. The molecule has 0 bridgehead atoms. The van der Waals surface area contributed by atoms with E-state index in [0.717, 1.165) is 39.3 Å². The summed E-state index contributed by atoms with van der Waals surface area (Å²) in [5.41, 5.74) is 29.2. The number of hydrogen-bond acceptors (Lipinski definition) is 19. The number of ether oxygens (including phenoxy) is 1. The maximum Gasteiger partial charge on any atom is 1.00 e. The van der Waals surface area contributed by atoms with E-state index in [1.165, 1.54) is 46.9 Å². The minimum Gasteiger partial charge on any atom is -0.477 e. The Morgan fingerprint density at radius 3 is 1.38 bits per heavy atom. The van der Waals surface area contributed by atoms with E-state index in [9.17, 15) is 14.4 Å². The van der Waals surface area contributed by atoms with Gasteiger partial charge in [0.15, 0.2) is 0 Å². The number of hydrogen-bond donors (Lipinski definition) is 8. The zero-order valence-corrected chi connectivity index (χ0v) is 43.1. The molecule has 0 saturated carbocycles. The molecule has 1 aliphatic heterocycles. The molecule has 20 nitrogen and oxygen atoms in total. The third kappa shape index (κ3) is 20.4. The summed E-state index contributed by atoms with van der Waals surface area (Å²) in [4.78, 5) is 46.9. The van der Waals surface area contributed by atoms with Gasteiger partial charge in [0.25, 0.3) is 11.8 Å². The van der Waals surface area contributed by atoms with Crippen molar-refractivity contribution in [2.24, 2.45) is 0 Å². The Labute approximate surface area is 450 Å². The smallest absolute Gasteiger partial charge is 0.477 e. The van der Waals surface area contributed by atoms with E-state index in [-0.39, 0.29) is 100 Å². The maximum atomic E-state index is 12.0. The number of nitrogens with two attached hydrogens (primary N) is 5. The molecule has 6 aromatic rings. The Kier molecular flexibility index (Phi) is 29.9. The second-order valence-electron chi connectivity index (χ2n) is 13.2. The number of H-pyrrole nitrogens is 1. The van der Waals surface area contributed by atoms with Crippen LogP contribution in [-0.2, 0) is 4.74 Å². The third-order valence-electron chi connectivity index (χ3n) is 8.18. The Morgan fingerprint density at radius 1 is 0.712 bits per heavy atom. The number of nitrogen functional groups attached to an aromatic ring is 5. The minimum absolute atomic E-state index is 0. The average Bonchev–Trinajstić information content (AvgIpc) is 4.08. The number of rotatable bonds is 8. The molecule has 7 rings (SSSR count). The van der Waals surface area contributed by atoms with Crippen molar-refractivity contribution in [2.45, 2.75) is 33.6 Å². The van der Waals surface area contributed by atoms with E-state index in [1.807, 2.05) is 36.7 Å². The van der Waals surface area contributed by atoms with Crippen LogP contribution in [0.2, 0.25) is 0 Å². The molecule has 1 saturated heterocycles. The molecule has 0 aliphatic carbocycles. The number of aryl methyl sites for hydroxylation is 3. The summed E-state index contributed by atoms with van der Waals surface area (Å²) in [6.07, 6.45) is -0.668. The number of carbonyl (C=O) groups excluding carboxylic acids is 2. The summed E-state index contributed by atoms with van der Waals surface area (Å²) in [5, 5.41) is 30.1. The maximum absolute atomic E-state index is 12.0. The number of carboxylic acids is 1. The summed E-state index contributed by atoms with van der Waals surface area (Å²) in [6, 6.07) is 5.53. The van der Waals surface area contributed by atoms with E-state index < -0.39 is 37.9 Å². The Morgan fingerprint density at radius 2 is 1.15 bits per heavy atom. The van der Waals surface area contributed by atoms with Crippen LogP contribution in [-0.4, -0.2) is 174 Å². The molecule has 0 aromatic carbocycles. The quantitative estimate of drug-likeness (QED) is 0.0531. The van der Waals surface area contributed by atoms with E-state index >= 15 is 0 Å². The molecule has 14 radical (unpaired) electrons.